The summed E-state index contributed by atoms with van der Waals surface area (Å²) in [5, 5.41) is 4.12. The average molecular weight is 417 g/mol. The lowest BCUT2D eigenvalue weighted by molar-refractivity contribution is 0.0480. The third kappa shape index (κ3) is 4.13. The smallest absolute Gasteiger partial charge is 0.378 e. The summed E-state index contributed by atoms with van der Waals surface area (Å²) in [4.78, 5) is 32.5. The maximum Gasteiger partial charge on any atom is 0.378 e. The number of esters is 1. The minimum Gasteiger partial charge on any atom is -0.460 e. The van der Waals surface area contributed by atoms with Gasteiger partial charge in [-0.25, -0.2) is 14.3 Å². The van der Waals surface area contributed by atoms with Crippen LogP contribution in [-0.4, -0.2) is 37.9 Å². The van der Waals surface area contributed by atoms with Crippen molar-refractivity contribution in [3.8, 4) is 0 Å². The van der Waals surface area contributed by atoms with Crippen LogP contribution >= 0.6 is 15.9 Å². The summed E-state index contributed by atoms with van der Waals surface area (Å²) < 4.78 is 7.59. The lowest BCUT2D eigenvalue weighted by Crippen LogP contribution is -2.10. The fraction of sp³-hybridized carbons (Fsp3) is 0.278. The van der Waals surface area contributed by atoms with Crippen LogP contribution in [0.3, 0.4) is 0 Å². The molecule has 8 heteroatoms. The number of rotatable bonds is 6. The molecule has 0 saturated carbocycles. The van der Waals surface area contributed by atoms with Gasteiger partial charge in [-0.1, -0.05) is 28.1 Å². The first-order valence-corrected chi connectivity index (χ1v) is 8.90. The number of benzene rings is 1. The summed E-state index contributed by atoms with van der Waals surface area (Å²) in [5.41, 5.74) is 2.27. The van der Waals surface area contributed by atoms with E-state index in [0.29, 0.717) is 24.2 Å². The van der Waals surface area contributed by atoms with Gasteiger partial charge in [0.1, 0.15) is 0 Å². The first kappa shape index (κ1) is 18.2. The second-order valence-electron chi connectivity index (χ2n) is 5.86. The van der Waals surface area contributed by atoms with Crippen molar-refractivity contribution in [3.63, 3.8) is 0 Å². The maximum absolute atomic E-state index is 12.1. The third-order valence-electron chi connectivity index (χ3n) is 3.75. The predicted molar refractivity (Wildman–Crippen MR) is 98.2 cm³/mol. The monoisotopic (exact) mass is 416 g/mol. The quantitative estimate of drug-likeness (QED) is 0.348. The van der Waals surface area contributed by atoms with Crippen LogP contribution in [0, 0.1) is 13.8 Å². The zero-order valence-electron chi connectivity index (χ0n) is 14.4. The highest BCUT2D eigenvalue weighted by Crippen LogP contribution is 2.13. The van der Waals surface area contributed by atoms with Crippen molar-refractivity contribution in [2.45, 2.75) is 26.7 Å². The molecule has 0 saturated heterocycles. The van der Waals surface area contributed by atoms with E-state index < -0.39 is 5.97 Å². The second-order valence-corrected chi connectivity index (χ2v) is 6.77. The van der Waals surface area contributed by atoms with Crippen LogP contribution in [0.4, 0.5) is 0 Å². The molecule has 0 amide bonds. The molecule has 0 aliphatic carbocycles. The number of carbonyl (C=O) groups excluding carboxylic acids is 2. The van der Waals surface area contributed by atoms with Gasteiger partial charge in [0.2, 0.25) is 0 Å². The Morgan fingerprint density at radius 2 is 1.88 bits per heavy atom. The topological polar surface area (TPSA) is 86.5 Å². The lowest BCUT2D eigenvalue weighted by atomic mass is 10.1. The summed E-state index contributed by atoms with van der Waals surface area (Å²) in [7, 11) is 0. The summed E-state index contributed by atoms with van der Waals surface area (Å²) in [6.07, 6.45) is 0.734. The van der Waals surface area contributed by atoms with E-state index >= 15 is 0 Å². The summed E-state index contributed by atoms with van der Waals surface area (Å²) >= 11 is 3.33. The average Bonchev–Trinajstić information content (AvgIpc) is 3.03. The number of ether oxygens (including phenoxy) is 1. The lowest BCUT2D eigenvalue weighted by Gasteiger charge is -2.03. The second kappa shape index (κ2) is 7.74. The van der Waals surface area contributed by atoms with Crippen LogP contribution < -0.4 is 0 Å². The Morgan fingerprint density at radius 3 is 2.62 bits per heavy atom. The molecule has 134 valence electrons. The predicted octanol–water partition coefficient (Wildman–Crippen LogP) is 3.32. The first-order chi connectivity index (χ1) is 12.4. The van der Waals surface area contributed by atoms with E-state index in [0.717, 1.165) is 15.9 Å². The van der Waals surface area contributed by atoms with Crippen LogP contribution in [0.2, 0.25) is 0 Å². The molecule has 0 aliphatic rings. The summed E-state index contributed by atoms with van der Waals surface area (Å²) in [5.74, 6) is -0.288. The van der Waals surface area contributed by atoms with Crippen molar-refractivity contribution >= 4 is 33.5 Å². The molecule has 7 nitrogen and oxygen atoms in total. The summed E-state index contributed by atoms with van der Waals surface area (Å²) in [6, 6.07) is 9.01. The third-order valence-corrected chi connectivity index (χ3v) is 4.28. The Balaban J connectivity index is 1.53. The van der Waals surface area contributed by atoms with Gasteiger partial charge >= 0.3 is 5.97 Å². The molecule has 0 unspecified atom stereocenters. The highest BCUT2D eigenvalue weighted by Gasteiger charge is 2.16. The van der Waals surface area contributed by atoms with Crippen LogP contribution in [0.5, 0.6) is 0 Å². The van der Waals surface area contributed by atoms with Crippen molar-refractivity contribution in [1.29, 1.82) is 0 Å². The molecule has 3 aromatic rings. The molecule has 0 atom stereocenters. The zero-order chi connectivity index (χ0) is 18.7. The molecular formula is C18H17BrN4O3. The van der Waals surface area contributed by atoms with E-state index in [4.69, 9.17) is 4.74 Å². The largest absolute Gasteiger partial charge is 0.460 e. The number of nitrogens with zero attached hydrogens (tertiary/aromatic N) is 4. The molecule has 0 aliphatic heterocycles. The SMILES string of the molecule is Cc1cc(C)n2nc(C(=O)OCCCC(=O)c3ccc(Br)cc3)nc2n1. The molecule has 0 spiro atoms. The number of hydrogen-bond acceptors (Lipinski definition) is 6. The molecule has 2 aromatic heterocycles. The van der Waals surface area contributed by atoms with Crippen LogP contribution in [0.15, 0.2) is 34.8 Å². The number of Topliss-reactive ketones (excluding diaryl/α,β-unsaturated/α-hetero) is 1. The Labute approximate surface area is 158 Å². The van der Waals surface area contributed by atoms with Gasteiger partial charge in [-0.2, -0.15) is 4.98 Å². The molecule has 0 radical (unpaired) electrons. The molecule has 1 aromatic carbocycles. The van der Waals surface area contributed by atoms with Crippen molar-refractivity contribution in [1.82, 2.24) is 19.6 Å². The van der Waals surface area contributed by atoms with Crippen LogP contribution in [0.25, 0.3) is 5.78 Å². The number of carbonyl (C=O) groups is 2. The van der Waals surface area contributed by atoms with E-state index in [9.17, 15) is 9.59 Å². The van der Waals surface area contributed by atoms with Gasteiger partial charge < -0.3 is 4.74 Å². The van der Waals surface area contributed by atoms with Crippen molar-refractivity contribution < 1.29 is 14.3 Å². The van der Waals surface area contributed by atoms with E-state index in [-0.39, 0.29) is 18.2 Å². The molecule has 2 heterocycles. The number of hydrogen-bond donors (Lipinski definition) is 0. The fourth-order valence-electron chi connectivity index (χ4n) is 2.50. The van der Waals surface area contributed by atoms with Crippen molar-refractivity contribution in [2.24, 2.45) is 0 Å². The number of aryl methyl sites for hydroxylation is 2. The number of fused-ring (bicyclic) bond motifs is 1. The number of halogens is 1. The van der Waals surface area contributed by atoms with E-state index in [2.05, 4.69) is 31.0 Å². The standard InChI is InChI=1S/C18H17BrN4O3/c1-11-10-12(2)23-18(20-11)21-16(22-23)17(25)26-9-3-4-15(24)13-5-7-14(19)8-6-13/h5-8,10H,3-4,9H2,1-2H3. The Bertz CT molecular complexity index is 966. The highest BCUT2D eigenvalue weighted by atomic mass is 79.9. The summed E-state index contributed by atoms with van der Waals surface area (Å²) in [6.45, 7) is 3.84. The normalized spacial score (nSPS) is 10.9. The van der Waals surface area contributed by atoms with Crippen LogP contribution in [0.1, 0.15) is 45.2 Å². The Kier molecular flexibility index (Phi) is 5.41. The molecule has 0 fully saturated rings. The van der Waals surface area contributed by atoms with E-state index in [1.54, 1.807) is 12.1 Å². The maximum atomic E-state index is 12.1. The minimum absolute atomic E-state index is 0.00899. The van der Waals surface area contributed by atoms with Gasteiger partial charge in [0.15, 0.2) is 5.78 Å². The van der Waals surface area contributed by atoms with Crippen LogP contribution in [-0.2, 0) is 4.74 Å². The van der Waals surface area contributed by atoms with Crippen molar-refractivity contribution in [3.05, 3.63) is 57.6 Å². The highest BCUT2D eigenvalue weighted by molar-refractivity contribution is 9.10. The van der Waals surface area contributed by atoms with Gasteiger partial charge in [0, 0.05) is 27.8 Å². The molecule has 26 heavy (non-hydrogen) atoms. The molecule has 0 bridgehead atoms. The minimum atomic E-state index is -0.622. The first-order valence-electron chi connectivity index (χ1n) is 8.11. The van der Waals surface area contributed by atoms with Gasteiger partial charge in [0.05, 0.1) is 6.61 Å². The van der Waals surface area contributed by atoms with Gasteiger partial charge in [0.25, 0.3) is 11.6 Å². The fourth-order valence-corrected chi connectivity index (χ4v) is 2.76. The van der Waals surface area contributed by atoms with Gasteiger partial charge in [-0.15, -0.1) is 5.10 Å². The Hall–Kier alpha value is -2.61. The van der Waals surface area contributed by atoms with Crippen molar-refractivity contribution in [2.75, 3.05) is 6.61 Å². The zero-order valence-corrected chi connectivity index (χ0v) is 16.0. The Morgan fingerprint density at radius 1 is 1.15 bits per heavy atom. The molecule has 0 N–H and O–H groups in total. The molecule has 3 rings (SSSR count). The van der Waals surface area contributed by atoms with Gasteiger partial charge in [-0.05, 0) is 38.5 Å². The van der Waals surface area contributed by atoms with E-state index in [1.807, 2.05) is 32.0 Å². The molecular weight excluding hydrogens is 400 g/mol. The van der Waals surface area contributed by atoms with Gasteiger partial charge in [-0.3, -0.25) is 4.79 Å². The number of aromatic nitrogens is 4. The van der Waals surface area contributed by atoms with E-state index in [1.165, 1.54) is 4.52 Å². The number of ketones is 1.